The minimum absolute atomic E-state index is 0.175. The van der Waals surface area contributed by atoms with Crippen molar-refractivity contribution in [2.24, 2.45) is 0 Å². The number of amides is 1. The van der Waals surface area contributed by atoms with Crippen LogP contribution in [-0.4, -0.2) is 31.7 Å². The van der Waals surface area contributed by atoms with Crippen LogP contribution in [0.2, 0.25) is 0 Å². The Labute approximate surface area is 188 Å². The molecular weight excluding hydrogens is 424 g/mol. The fourth-order valence-electron chi connectivity index (χ4n) is 4.80. The van der Waals surface area contributed by atoms with Crippen LogP contribution in [0.25, 0.3) is 11.0 Å². The van der Waals surface area contributed by atoms with E-state index in [0.29, 0.717) is 18.8 Å². The third-order valence-corrected chi connectivity index (χ3v) is 8.55. The molecule has 1 saturated heterocycles. The van der Waals surface area contributed by atoms with Crippen LogP contribution in [0.5, 0.6) is 0 Å². The number of hydrogen-bond acceptors (Lipinski definition) is 4. The average Bonchev–Trinajstić information content (AvgIpc) is 3.40. The number of sulfonamides is 1. The monoisotopic (exact) mass is 452 g/mol. The molecule has 3 aromatic rings. The number of piperidine rings is 1. The number of carbonyl (C=O) groups is 1. The molecule has 0 atom stereocenters. The first-order valence-corrected chi connectivity index (χ1v) is 12.8. The van der Waals surface area contributed by atoms with Crippen LogP contribution in [-0.2, 0) is 34.1 Å². The quantitative estimate of drug-likeness (QED) is 0.614. The number of nitrogens with zero attached hydrogens (tertiary/aromatic N) is 1. The lowest BCUT2D eigenvalue weighted by molar-refractivity contribution is -0.115. The lowest BCUT2D eigenvalue weighted by atomic mass is 10.0. The average molecular weight is 453 g/mol. The normalized spacial score (nSPS) is 16.9. The summed E-state index contributed by atoms with van der Waals surface area (Å²) in [4.78, 5) is 13.1. The van der Waals surface area contributed by atoms with Crippen LogP contribution in [0.3, 0.4) is 0 Å². The summed E-state index contributed by atoms with van der Waals surface area (Å²) in [6.45, 7) is 2.97. The van der Waals surface area contributed by atoms with E-state index in [1.165, 1.54) is 11.1 Å². The van der Waals surface area contributed by atoms with Gasteiger partial charge in [-0.3, -0.25) is 4.79 Å². The Morgan fingerprint density at radius 3 is 2.56 bits per heavy atom. The fraction of sp³-hybridized carbons (Fsp3) is 0.400. The van der Waals surface area contributed by atoms with Gasteiger partial charge in [-0.15, -0.1) is 0 Å². The lowest BCUT2D eigenvalue weighted by Crippen LogP contribution is -2.35. The maximum Gasteiger partial charge on any atom is 0.243 e. The van der Waals surface area contributed by atoms with Crippen LogP contribution in [0.4, 0.5) is 5.69 Å². The molecule has 1 fully saturated rings. The van der Waals surface area contributed by atoms with Gasteiger partial charge in [-0.2, -0.15) is 4.31 Å². The molecule has 5 rings (SSSR count). The van der Waals surface area contributed by atoms with Gasteiger partial charge in [-0.1, -0.05) is 12.5 Å². The Bertz CT molecular complexity index is 1290. The number of fused-ring (bicyclic) bond motifs is 2. The van der Waals surface area contributed by atoms with Crippen LogP contribution >= 0.6 is 0 Å². The first kappa shape index (κ1) is 21.2. The number of furan rings is 1. The largest absolute Gasteiger partial charge is 0.464 e. The van der Waals surface area contributed by atoms with E-state index in [1.807, 2.05) is 6.92 Å². The smallest absolute Gasteiger partial charge is 0.243 e. The Hall–Kier alpha value is -2.64. The van der Waals surface area contributed by atoms with Gasteiger partial charge in [-0.05, 0) is 80.0 Å². The first-order valence-electron chi connectivity index (χ1n) is 11.3. The summed E-state index contributed by atoms with van der Waals surface area (Å²) in [7, 11) is -3.55. The highest BCUT2D eigenvalue weighted by molar-refractivity contribution is 7.89. The van der Waals surface area contributed by atoms with Crippen molar-refractivity contribution in [1.29, 1.82) is 0 Å². The minimum atomic E-state index is -3.55. The molecule has 2 aromatic carbocycles. The van der Waals surface area contributed by atoms with Gasteiger partial charge in [0.2, 0.25) is 15.9 Å². The van der Waals surface area contributed by atoms with Gasteiger partial charge < -0.3 is 9.73 Å². The van der Waals surface area contributed by atoms with Crippen LogP contribution < -0.4 is 5.32 Å². The zero-order valence-electron chi connectivity index (χ0n) is 18.3. The summed E-state index contributed by atoms with van der Waals surface area (Å²) >= 11 is 0. The molecule has 1 amide bonds. The predicted molar refractivity (Wildman–Crippen MR) is 124 cm³/mol. The van der Waals surface area contributed by atoms with E-state index >= 15 is 0 Å². The van der Waals surface area contributed by atoms with E-state index in [9.17, 15) is 13.2 Å². The van der Waals surface area contributed by atoms with Crippen LogP contribution in [0.1, 0.15) is 47.9 Å². The number of benzene rings is 2. The zero-order valence-corrected chi connectivity index (χ0v) is 19.1. The molecule has 1 N–H and O–H groups in total. The molecule has 0 radical (unpaired) electrons. The summed E-state index contributed by atoms with van der Waals surface area (Å²) in [6, 6.07) is 9.21. The zero-order chi connectivity index (χ0) is 22.3. The highest BCUT2D eigenvalue weighted by Crippen LogP contribution is 2.31. The number of nitrogens with one attached hydrogen (secondary N) is 1. The molecule has 0 bridgehead atoms. The molecule has 0 unspecified atom stereocenters. The van der Waals surface area contributed by atoms with Gasteiger partial charge in [0.15, 0.2) is 0 Å². The lowest BCUT2D eigenvalue weighted by Gasteiger charge is -2.26. The minimum Gasteiger partial charge on any atom is -0.464 e. The third-order valence-electron chi connectivity index (χ3n) is 6.66. The molecule has 7 heteroatoms. The fourth-order valence-corrected chi connectivity index (χ4v) is 6.35. The van der Waals surface area contributed by atoms with Crippen molar-refractivity contribution in [1.82, 2.24) is 4.31 Å². The number of carbonyl (C=O) groups excluding carboxylic acids is 1. The number of rotatable bonds is 5. The van der Waals surface area contributed by atoms with E-state index in [0.717, 1.165) is 60.6 Å². The highest BCUT2D eigenvalue weighted by atomic mass is 32.2. The number of hydrogen-bond donors (Lipinski definition) is 1. The summed E-state index contributed by atoms with van der Waals surface area (Å²) in [5.41, 5.74) is 5.70. The standard InChI is InChI=1S/C25H28N2O4S/c1-17-8-9-21(32(29,30)27-10-3-2-4-11-27)15-23(17)26-25(28)14-20-16-31-24-13-19-7-5-6-18(19)12-22(20)24/h8-9,12-13,15-16H,2-7,10-11,14H2,1H3,(H,26,28). The Kier molecular flexibility index (Phi) is 5.55. The van der Waals surface area contributed by atoms with E-state index in [4.69, 9.17) is 4.42 Å². The van der Waals surface area contributed by atoms with E-state index < -0.39 is 10.0 Å². The van der Waals surface area contributed by atoms with Gasteiger partial charge in [-0.25, -0.2) is 8.42 Å². The van der Waals surface area contributed by atoms with Crippen LogP contribution in [0, 0.1) is 6.92 Å². The predicted octanol–water partition coefficient (Wildman–Crippen LogP) is 4.59. The third kappa shape index (κ3) is 3.95. The van der Waals surface area contributed by atoms with Gasteiger partial charge in [0, 0.05) is 29.7 Å². The highest BCUT2D eigenvalue weighted by Gasteiger charge is 2.26. The summed E-state index contributed by atoms with van der Waals surface area (Å²) in [5, 5.41) is 3.90. The van der Waals surface area contributed by atoms with Gasteiger partial charge in [0.25, 0.3) is 0 Å². The molecule has 1 aliphatic carbocycles. The van der Waals surface area contributed by atoms with Crippen LogP contribution in [0.15, 0.2) is 45.9 Å². The second-order valence-electron chi connectivity index (χ2n) is 8.90. The number of aryl methyl sites for hydroxylation is 3. The maximum atomic E-state index is 13.0. The van der Waals surface area contributed by atoms with Crippen molar-refractivity contribution < 1.29 is 17.6 Å². The van der Waals surface area contributed by atoms with Gasteiger partial charge >= 0.3 is 0 Å². The van der Waals surface area contributed by atoms with E-state index in [2.05, 4.69) is 17.4 Å². The Morgan fingerprint density at radius 2 is 1.78 bits per heavy atom. The van der Waals surface area contributed by atoms with E-state index in [1.54, 1.807) is 28.8 Å². The molecule has 2 aliphatic rings. The SMILES string of the molecule is Cc1ccc(S(=O)(=O)N2CCCCC2)cc1NC(=O)Cc1coc2cc3c(cc12)CCC3. The Balaban J connectivity index is 1.36. The van der Waals surface area contributed by atoms with Crippen molar-refractivity contribution in [3.63, 3.8) is 0 Å². The summed E-state index contributed by atoms with van der Waals surface area (Å²) < 4.78 is 33.3. The molecule has 2 heterocycles. The van der Waals surface area contributed by atoms with Crippen molar-refractivity contribution in [2.75, 3.05) is 18.4 Å². The Morgan fingerprint density at radius 1 is 1.03 bits per heavy atom. The van der Waals surface area contributed by atoms with Gasteiger partial charge in [0.05, 0.1) is 17.6 Å². The van der Waals surface area contributed by atoms with Crippen molar-refractivity contribution in [3.05, 3.63) is 58.8 Å². The molecule has 168 valence electrons. The molecule has 1 aliphatic heterocycles. The van der Waals surface area contributed by atoms with E-state index in [-0.39, 0.29) is 17.2 Å². The second-order valence-corrected chi connectivity index (χ2v) is 10.8. The maximum absolute atomic E-state index is 13.0. The summed E-state index contributed by atoms with van der Waals surface area (Å²) in [5.74, 6) is -0.191. The van der Waals surface area contributed by atoms with Gasteiger partial charge in [0.1, 0.15) is 5.58 Å². The van der Waals surface area contributed by atoms with Crippen molar-refractivity contribution in [3.8, 4) is 0 Å². The van der Waals surface area contributed by atoms with Crippen molar-refractivity contribution >= 4 is 32.6 Å². The molecular formula is C25H28N2O4S. The first-order chi connectivity index (χ1) is 15.4. The molecule has 6 nitrogen and oxygen atoms in total. The van der Waals surface area contributed by atoms with Crippen molar-refractivity contribution in [2.45, 2.75) is 56.8 Å². The number of anilines is 1. The topological polar surface area (TPSA) is 79.6 Å². The summed E-state index contributed by atoms with van der Waals surface area (Å²) in [6.07, 6.45) is 7.97. The molecule has 0 spiro atoms. The second kappa shape index (κ2) is 8.37. The molecule has 0 saturated carbocycles. The molecule has 32 heavy (non-hydrogen) atoms. The molecule has 1 aromatic heterocycles.